The average Bonchev–Trinajstić information content (AvgIpc) is 2.47. The first-order valence-electron chi connectivity index (χ1n) is 7.68. The zero-order valence-corrected chi connectivity index (χ0v) is 12.1. The van der Waals surface area contributed by atoms with Crippen LogP contribution in [0, 0.1) is 0 Å². The van der Waals surface area contributed by atoms with Crippen LogP contribution in [0.4, 0.5) is 0 Å². The Morgan fingerprint density at radius 2 is 2.05 bits per heavy atom. The Labute approximate surface area is 117 Å². The molecule has 1 atom stereocenters. The van der Waals surface area contributed by atoms with Crippen LogP contribution < -0.4 is 5.32 Å². The van der Waals surface area contributed by atoms with Crippen LogP contribution in [-0.4, -0.2) is 17.6 Å². The Morgan fingerprint density at radius 3 is 2.74 bits per heavy atom. The van der Waals surface area contributed by atoms with Crippen LogP contribution in [0.3, 0.4) is 0 Å². The molecule has 0 bridgehead atoms. The summed E-state index contributed by atoms with van der Waals surface area (Å²) in [6.07, 6.45) is 15.1. The van der Waals surface area contributed by atoms with Crippen molar-refractivity contribution in [2.45, 2.75) is 57.9 Å². The molecular formula is C17H26N2. The number of rotatable bonds is 7. The SMILES string of the molecule is CCCNC(CC1=CCCCC1)Cc1ccncc1. The van der Waals surface area contributed by atoms with Gasteiger partial charge in [0.25, 0.3) is 0 Å². The maximum absolute atomic E-state index is 4.10. The maximum atomic E-state index is 4.10. The van der Waals surface area contributed by atoms with Gasteiger partial charge in [0.05, 0.1) is 0 Å². The van der Waals surface area contributed by atoms with Crippen molar-refractivity contribution in [2.75, 3.05) is 6.54 Å². The van der Waals surface area contributed by atoms with Crippen LogP contribution in [-0.2, 0) is 6.42 Å². The lowest BCUT2D eigenvalue weighted by Gasteiger charge is -2.22. The third-order valence-corrected chi connectivity index (χ3v) is 3.81. The first-order valence-corrected chi connectivity index (χ1v) is 7.68. The van der Waals surface area contributed by atoms with E-state index in [9.17, 15) is 0 Å². The van der Waals surface area contributed by atoms with Crippen molar-refractivity contribution in [2.24, 2.45) is 0 Å². The van der Waals surface area contributed by atoms with Crippen molar-refractivity contribution in [3.63, 3.8) is 0 Å². The van der Waals surface area contributed by atoms with Gasteiger partial charge in [-0.15, -0.1) is 0 Å². The van der Waals surface area contributed by atoms with Gasteiger partial charge >= 0.3 is 0 Å². The fourth-order valence-electron chi connectivity index (χ4n) is 2.77. The largest absolute Gasteiger partial charge is 0.313 e. The Balaban J connectivity index is 1.92. The number of hydrogen-bond acceptors (Lipinski definition) is 2. The molecule has 0 aliphatic heterocycles. The first-order chi connectivity index (χ1) is 9.38. The quantitative estimate of drug-likeness (QED) is 0.751. The molecule has 1 heterocycles. The van der Waals surface area contributed by atoms with Crippen molar-refractivity contribution in [1.29, 1.82) is 0 Å². The van der Waals surface area contributed by atoms with Gasteiger partial charge in [0.2, 0.25) is 0 Å². The molecular weight excluding hydrogens is 232 g/mol. The lowest BCUT2D eigenvalue weighted by molar-refractivity contribution is 0.490. The lowest BCUT2D eigenvalue weighted by atomic mass is 9.92. The summed E-state index contributed by atoms with van der Waals surface area (Å²) < 4.78 is 0. The molecule has 2 heteroatoms. The van der Waals surface area contributed by atoms with E-state index in [0.717, 1.165) is 13.0 Å². The highest BCUT2D eigenvalue weighted by Crippen LogP contribution is 2.22. The van der Waals surface area contributed by atoms with Crippen LogP contribution >= 0.6 is 0 Å². The fourth-order valence-corrected chi connectivity index (χ4v) is 2.77. The van der Waals surface area contributed by atoms with Gasteiger partial charge in [-0.3, -0.25) is 4.98 Å². The number of nitrogens with zero attached hydrogens (tertiary/aromatic N) is 1. The zero-order chi connectivity index (χ0) is 13.3. The monoisotopic (exact) mass is 258 g/mol. The molecule has 19 heavy (non-hydrogen) atoms. The van der Waals surface area contributed by atoms with Gasteiger partial charge in [-0.25, -0.2) is 0 Å². The van der Waals surface area contributed by atoms with Crippen LogP contribution in [0.15, 0.2) is 36.2 Å². The minimum Gasteiger partial charge on any atom is -0.313 e. The number of aromatic nitrogens is 1. The second-order valence-corrected chi connectivity index (χ2v) is 5.52. The molecule has 1 aromatic rings. The smallest absolute Gasteiger partial charge is 0.0270 e. The number of pyridine rings is 1. The molecule has 2 rings (SSSR count). The summed E-state index contributed by atoms with van der Waals surface area (Å²) in [4.78, 5) is 4.10. The van der Waals surface area contributed by atoms with Crippen molar-refractivity contribution < 1.29 is 0 Å². The Kier molecular flexibility index (Phi) is 6.09. The highest BCUT2D eigenvalue weighted by molar-refractivity contribution is 5.14. The third kappa shape index (κ3) is 5.15. The summed E-state index contributed by atoms with van der Waals surface area (Å²) in [5.41, 5.74) is 3.05. The van der Waals surface area contributed by atoms with Gasteiger partial charge in [0.1, 0.15) is 0 Å². The molecule has 0 spiro atoms. The average molecular weight is 258 g/mol. The maximum Gasteiger partial charge on any atom is 0.0270 e. The molecule has 1 unspecified atom stereocenters. The van der Waals surface area contributed by atoms with E-state index in [0.29, 0.717) is 6.04 Å². The molecule has 0 amide bonds. The van der Waals surface area contributed by atoms with Crippen LogP contribution in [0.1, 0.15) is 51.0 Å². The minimum absolute atomic E-state index is 0.576. The summed E-state index contributed by atoms with van der Waals surface area (Å²) in [6.45, 7) is 3.35. The van der Waals surface area contributed by atoms with Gasteiger partial charge in [0.15, 0.2) is 0 Å². The van der Waals surface area contributed by atoms with E-state index in [1.54, 1.807) is 5.57 Å². The van der Waals surface area contributed by atoms with E-state index in [4.69, 9.17) is 0 Å². The second kappa shape index (κ2) is 8.11. The molecule has 0 fully saturated rings. The highest BCUT2D eigenvalue weighted by Gasteiger charge is 2.13. The standard InChI is InChI=1S/C17H26N2/c1-2-10-19-17(13-15-6-4-3-5-7-15)14-16-8-11-18-12-9-16/h6,8-9,11-12,17,19H,2-5,7,10,13-14H2,1H3. The van der Waals surface area contributed by atoms with Crippen molar-refractivity contribution in [1.82, 2.24) is 10.3 Å². The van der Waals surface area contributed by atoms with Crippen molar-refractivity contribution in [3.05, 3.63) is 41.7 Å². The zero-order valence-electron chi connectivity index (χ0n) is 12.1. The van der Waals surface area contributed by atoms with Gasteiger partial charge < -0.3 is 5.32 Å². The van der Waals surface area contributed by atoms with E-state index in [2.05, 4.69) is 35.4 Å². The Hall–Kier alpha value is -1.15. The predicted molar refractivity (Wildman–Crippen MR) is 81.2 cm³/mol. The topological polar surface area (TPSA) is 24.9 Å². The molecule has 0 radical (unpaired) electrons. The lowest BCUT2D eigenvalue weighted by Crippen LogP contribution is -2.32. The van der Waals surface area contributed by atoms with Crippen LogP contribution in [0.5, 0.6) is 0 Å². The molecule has 1 aromatic heterocycles. The fraction of sp³-hybridized carbons (Fsp3) is 0.588. The summed E-state index contributed by atoms with van der Waals surface area (Å²) in [7, 11) is 0. The van der Waals surface area contributed by atoms with Crippen molar-refractivity contribution >= 4 is 0 Å². The molecule has 1 aliphatic carbocycles. The highest BCUT2D eigenvalue weighted by atomic mass is 14.9. The van der Waals surface area contributed by atoms with E-state index in [1.807, 2.05) is 12.4 Å². The summed E-state index contributed by atoms with van der Waals surface area (Å²) in [6, 6.07) is 4.85. The van der Waals surface area contributed by atoms with Crippen LogP contribution in [0.2, 0.25) is 0 Å². The molecule has 2 nitrogen and oxygen atoms in total. The van der Waals surface area contributed by atoms with Gasteiger partial charge in [-0.05, 0) is 69.2 Å². The first kappa shape index (κ1) is 14.3. The third-order valence-electron chi connectivity index (χ3n) is 3.81. The molecule has 0 saturated heterocycles. The summed E-state index contributed by atoms with van der Waals surface area (Å²) in [5.74, 6) is 0. The molecule has 1 aliphatic rings. The summed E-state index contributed by atoms with van der Waals surface area (Å²) >= 11 is 0. The molecule has 0 saturated carbocycles. The van der Waals surface area contributed by atoms with Crippen molar-refractivity contribution in [3.8, 4) is 0 Å². The van der Waals surface area contributed by atoms with Gasteiger partial charge in [0, 0.05) is 18.4 Å². The second-order valence-electron chi connectivity index (χ2n) is 5.52. The molecule has 0 aromatic carbocycles. The Morgan fingerprint density at radius 1 is 1.21 bits per heavy atom. The Bertz CT molecular complexity index is 384. The van der Waals surface area contributed by atoms with E-state index < -0.39 is 0 Å². The normalized spacial score (nSPS) is 17.0. The van der Waals surface area contributed by atoms with Gasteiger partial charge in [-0.2, -0.15) is 0 Å². The molecule has 104 valence electrons. The van der Waals surface area contributed by atoms with E-state index in [1.165, 1.54) is 44.1 Å². The van der Waals surface area contributed by atoms with Crippen LogP contribution in [0.25, 0.3) is 0 Å². The van der Waals surface area contributed by atoms with Gasteiger partial charge in [-0.1, -0.05) is 18.6 Å². The summed E-state index contributed by atoms with van der Waals surface area (Å²) in [5, 5.41) is 3.70. The number of nitrogens with one attached hydrogen (secondary N) is 1. The minimum atomic E-state index is 0.576. The molecule has 1 N–H and O–H groups in total. The number of hydrogen-bond donors (Lipinski definition) is 1. The number of allylic oxidation sites excluding steroid dienone is 1. The van der Waals surface area contributed by atoms with E-state index in [-0.39, 0.29) is 0 Å². The van der Waals surface area contributed by atoms with E-state index >= 15 is 0 Å². The predicted octanol–water partition coefficient (Wildman–Crippen LogP) is 3.88.